The smallest absolute Gasteiger partial charge is 0.160 e. The highest BCUT2D eigenvalue weighted by atomic mass is 15.3. The summed E-state index contributed by atoms with van der Waals surface area (Å²) in [6, 6.07) is 1.89. The largest absolute Gasteiger partial charge is 0.308 e. The summed E-state index contributed by atoms with van der Waals surface area (Å²) in [5.74, 6) is 5.95. The van der Waals surface area contributed by atoms with Crippen LogP contribution in [0.2, 0.25) is 0 Å². The van der Waals surface area contributed by atoms with Gasteiger partial charge in [0.2, 0.25) is 0 Å². The van der Waals surface area contributed by atoms with Gasteiger partial charge < -0.3 is 5.43 Å². The number of anilines is 1. The molecule has 0 aliphatic rings. The number of hydrogen-bond donors (Lipinski definition) is 2. The molecule has 2 aromatic heterocycles. The molecule has 0 bridgehead atoms. The molecule has 0 saturated heterocycles. The molecule has 0 unspecified atom stereocenters. The van der Waals surface area contributed by atoms with Crippen LogP contribution in [0.1, 0.15) is 5.56 Å². The van der Waals surface area contributed by atoms with E-state index in [9.17, 15) is 0 Å². The first-order valence-corrected chi connectivity index (χ1v) is 3.98. The zero-order chi connectivity index (χ0) is 9.42. The highest BCUT2D eigenvalue weighted by molar-refractivity contribution is 5.80. The SMILES string of the molecule is Cc1cc(NN)nc2c1cnn2C. The molecule has 0 aliphatic heterocycles. The maximum Gasteiger partial charge on any atom is 0.160 e. The minimum atomic E-state index is 0.661. The van der Waals surface area contributed by atoms with Gasteiger partial charge >= 0.3 is 0 Å². The summed E-state index contributed by atoms with van der Waals surface area (Å²) in [7, 11) is 1.86. The number of rotatable bonds is 1. The molecule has 5 nitrogen and oxygen atoms in total. The van der Waals surface area contributed by atoms with Crippen molar-refractivity contribution in [3.63, 3.8) is 0 Å². The van der Waals surface area contributed by atoms with Gasteiger partial charge in [0, 0.05) is 12.4 Å². The number of hydrogen-bond acceptors (Lipinski definition) is 4. The van der Waals surface area contributed by atoms with Gasteiger partial charge in [-0.1, -0.05) is 0 Å². The van der Waals surface area contributed by atoms with E-state index in [4.69, 9.17) is 5.84 Å². The zero-order valence-corrected chi connectivity index (χ0v) is 7.57. The molecule has 5 heteroatoms. The first-order chi connectivity index (χ1) is 6.22. The second-order valence-electron chi connectivity index (χ2n) is 2.97. The summed E-state index contributed by atoms with van der Waals surface area (Å²) < 4.78 is 1.73. The Bertz CT molecular complexity index is 445. The van der Waals surface area contributed by atoms with Crippen LogP contribution in [0.4, 0.5) is 5.82 Å². The number of nitrogens with two attached hydrogens (primary N) is 1. The molecule has 0 saturated carbocycles. The number of aryl methyl sites for hydroxylation is 2. The number of pyridine rings is 1. The lowest BCUT2D eigenvalue weighted by molar-refractivity contribution is 0.786. The number of hydrazine groups is 1. The molecule has 0 aromatic carbocycles. The van der Waals surface area contributed by atoms with Gasteiger partial charge in [-0.05, 0) is 18.6 Å². The van der Waals surface area contributed by atoms with E-state index in [1.165, 1.54) is 0 Å². The molecule has 13 heavy (non-hydrogen) atoms. The molecule has 0 atom stereocenters. The van der Waals surface area contributed by atoms with Crippen molar-refractivity contribution in [2.45, 2.75) is 6.92 Å². The summed E-state index contributed by atoms with van der Waals surface area (Å²) in [4.78, 5) is 4.28. The molecule has 0 spiro atoms. The Kier molecular flexibility index (Phi) is 1.66. The quantitative estimate of drug-likeness (QED) is 0.493. The molecule has 0 fully saturated rings. The van der Waals surface area contributed by atoms with Crippen LogP contribution in [0, 0.1) is 6.92 Å². The number of fused-ring (bicyclic) bond motifs is 1. The maximum atomic E-state index is 5.29. The second-order valence-corrected chi connectivity index (χ2v) is 2.97. The number of nitrogen functional groups attached to an aromatic ring is 1. The zero-order valence-electron chi connectivity index (χ0n) is 7.57. The van der Waals surface area contributed by atoms with Gasteiger partial charge in [0.1, 0.15) is 5.82 Å². The van der Waals surface area contributed by atoms with E-state index in [1.807, 2.05) is 20.0 Å². The van der Waals surface area contributed by atoms with Gasteiger partial charge in [0.05, 0.1) is 6.20 Å². The molecule has 3 N–H and O–H groups in total. The predicted octanol–water partition coefficient (Wildman–Crippen LogP) is 0.562. The fraction of sp³-hybridized carbons (Fsp3) is 0.250. The third-order valence-corrected chi connectivity index (χ3v) is 2.06. The summed E-state index contributed by atoms with van der Waals surface area (Å²) in [6.07, 6.45) is 1.80. The second kappa shape index (κ2) is 2.70. The lowest BCUT2D eigenvalue weighted by atomic mass is 10.2. The van der Waals surface area contributed by atoms with Crippen LogP contribution < -0.4 is 11.3 Å². The van der Waals surface area contributed by atoms with E-state index in [-0.39, 0.29) is 0 Å². The lowest BCUT2D eigenvalue weighted by Crippen LogP contribution is -2.09. The van der Waals surface area contributed by atoms with Crippen LogP contribution in [0.25, 0.3) is 11.0 Å². The molecule has 0 aliphatic carbocycles. The standard InChI is InChI=1S/C8H11N5/c1-5-3-7(12-9)11-8-6(5)4-10-13(8)2/h3-4H,9H2,1-2H3,(H,11,12). The van der Waals surface area contributed by atoms with Gasteiger partial charge in [0.25, 0.3) is 0 Å². The molecule has 0 radical (unpaired) electrons. The van der Waals surface area contributed by atoms with E-state index in [0.717, 1.165) is 16.6 Å². The Morgan fingerprint density at radius 2 is 2.31 bits per heavy atom. The van der Waals surface area contributed by atoms with Gasteiger partial charge in [-0.2, -0.15) is 5.10 Å². The van der Waals surface area contributed by atoms with Crippen molar-refractivity contribution in [3.05, 3.63) is 17.8 Å². The van der Waals surface area contributed by atoms with Gasteiger partial charge in [0.15, 0.2) is 5.65 Å². The molecular formula is C8H11N5. The lowest BCUT2D eigenvalue weighted by Gasteiger charge is -2.02. The fourth-order valence-corrected chi connectivity index (χ4v) is 1.34. The average Bonchev–Trinajstić information content (AvgIpc) is 2.48. The highest BCUT2D eigenvalue weighted by Gasteiger charge is 2.05. The normalized spacial score (nSPS) is 10.7. The van der Waals surface area contributed by atoms with E-state index >= 15 is 0 Å². The van der Waals surface area contributed by atoms with E-state index in [2.05, 4.69) is 15.5 Å². The molecule has 2 rings (SSSR count). The van der Waals surface area contributed by atoms with Crippen molar-refractivity contribution in [1.82, 2.24) is 14.8 Å². The Hall–Kier alpha value is -1.62. The van der Waals surface area contributed by atoms with Crippen LogP contribution in [0.15, 0.2) is 12.3 Å². The van der Waals surface area contributed by atoms with Crippen molar-refractivity contribution >= 4 is 16.9 Å². The Balaban J connectivity index is 2.80. The van der Waals surface area contributed by atoms with Crippen molar-refractivity contribution in [3.8, 4) is 0 Å². The number of nitrogens with one attached hydrogen (secondary N) is 1. The first kappa shape index (κ1) is 8.00. The molecule has 68 valence electrons. The van der Waals surface area contributed by atoms with E-state index in [1.54, 1.807) is 10.9 Å². The topological polar surface area (TPSA) is 68.8 Å². The fourth-order valence-electron chi connectivity index (χ4n) is 1.34. The van der Waals surface area contributed by atoms with Crippen LogP contribution in [0.3, 0.4) is 0 Å². The number of aromatic nitrogens is 3. The summed E-state index contributed by atoms with van der Waals surface area (Å²) in [6.45, 7) is 2.01. The highest BCUT2D eigenvalue weighted by Crippen LogP contribution is 2.18. The van der Waals surface area contributed by atoms with Crippen LogP contribution in [0.5, 0.6) is 0 Å². The van der Waals surface area contributed by atoms with E-state index in [0.29, 0.717) is 5.82 Å². The minimum Gasteiger partial charge on any atom is -0.308 e. The maximum absolute atomic E-state index is 5.29. The van der Waals surface area contributed by atoms with Crippen molar-refractivity contribution in [1.29, 1.82) is 0 Å². The van der Waals surface area contributed by atoms with Crippen LogP contribution in [-0.2, 0) is 7.05 Å². The third-order valence-electron chi connectivity index (χ3n) is 2.06. The van der Waals surface area contributed by atoms with Crippen molar-refractivity contribution in [2.24, 2.45) is 12.9 Å². The first-order valence-electron chi connectivity index (χ1n) is 3.98. The molecular weight excluding hydrogens is 166 g/mol. The van der Waals surface area contributed by atoms with Crippen LogP contribution >= 0.6 is 0 Å². The number of nitrogens with zero attached hydrogens (tertiary/aromatic N) is 3. The summed E-state index contributed by atoms with van der Waals surface area (Å²) in [5.41, 5.74) is 4.48. The molecule has 2 heterocycles. The van der Waals surface area contributed by atoms with Gasteiger partial charge in [-0.25, -0.2) is 10.8 Å². The Morgan fingerprint density at radius 1 is 1.54 bits per heavy atom. The summed E-state index contributed by atoms with van der Waals surface area (Å²) in [5, 5.41) is 5.17. The average molecular weight is 177 g/mol. The monoisotopic (exact) mass is 177 g/mol. The van der Waals surface area contributed by atoms with Gasteiger partial charge in [-0.3, -0.25) is 4.68 Å². The van der Waals surface area contributed by atoms with Crippen molar-refractivity contribution < 1.29 is 0 Å². The minimum absolute atomic E-state index is 0.661. The Morgan fingerprint density at radius 3 is 3.00 bits per heavy atom. The predicted molar refractivity (Wildman–Crippen MR) is 51.1 cm³/mol. The Labute approximate surface area is 75.5 Å². The van der Waals surface area contributed by atoms with Crippen LogP contribution in [-0.4, -0.2) is 14.8 Å². The van der Waals surface area contributed by atoms with Gasteiger partial charge in [-0.15, -0.1) is 0 Å². The third kappa shape index (κ3) is 1.13. The molecule has 0 amide bonds. The molecule has 2 aromatic rings. The summed E-state index contributed by atoms with van der Waals surface area (Å²) >= 11 is 0. The van der Waals surface area contributed by atoms with Crippen molar-refractivity contribution in [2.75, 3.05) is 5.43 Å². The van der Waals surface area contributed by atoms with E-state index < -0.39 is 0 Å².